The van der Waals surface area contributed by atoms with Crippen LogP contribution in [0.2, 0.25) is 10.0 Å². The zero-order valence-electron chi connectivity index (χ0n) is 12.2. The molecule has 1 atom stereocenters. The van der Waals surface area contributed by atoms with E-state index >= 15 is 0 Å². The smallest absolute Gasteiger partial charge is 0.273 e. The molecule has 1 aliphatic rings. The lowest BCUT2D eigenvalue weighted by Gasteiger charge is -2.14. The van der Waals surface area contributed by atoms with Gasteiger partial charge in [0.2, 0.25) is 0 Å². The van der Waals surface area contributed by atoms with E-state index in [9.17, 15) is 4.79 Å². The highest BCUT2D eigenvalue weighted by atomic mass is 35.5. The van der Waals surface area contributed by atoms with E-state index in [1.54, 1.807) is 17.5 Å². The number of carbonyl (C=O) groups excluding carboxylic acids is 1. The van der Waals surface area contributed by atoms with Gasteiger partial charge in [-0.3, -0.25) is 4.79 Å². The van der Waals surface area contributed by atoms with E-state index < -0.39 is 0 Å². The number of aromatic nitrogens is 1. The lowest BCUT2D eigenvalue weighted by molar-refractivity contribution is 0.0783. The van der Waals surface area contributed by atoms with Gasteiger partial charge >= 0.3 is 0 Å². The molecule has 8 heteroatoms. The molecule has 2 heterocycles. The Kier molecular flexibility index (Phi) is 6.28. The molecule has 124 valence electrons. The van der Waals surface area contributed by atoms with Crippen molar-refractivity contribution >= 4 is 52.9 Å². The molecular formula is C15H16Cl3N3OS. The highest BCUT2D eigenvalue weighted by Gasteiger charge is 2.27. The Labute approximate surface area is 155 Å². The van der Waals surface area contributed by atoms with Gasteiger partial charge in [0.25, 0.3) is 5.91 Å². The molecule has 1 unspecified atom stereocenters. The average Bonchev–Trinajstić information content (AvgIpc) is 3.18. The van der Waals surface area contributed by atoms with Crippen molar-refractivity contribution in [3.8, 4) is 10.6 Å². The number of nitrogens with two attached hydrogens (primary N) is 1. The third-order valence-electron chi connectivity index (χ3n) is 3.80. The van der Waals surface area contributed by atoms with Crippen LogP contribution in [0, 0.1) is 5.92 Å². The van der Waals surface area contributed by atoms with E-state index in [0.29, 0.717) is 28.2 Å². The van der Waals surface area contributed by atoms with E-state index in [2.05, 4.69) is 4.98 Å². The van der Waals surface area contributed by atoms with Crippen LogP contribution < -0.4 is 5.73 Å². The van der Waals surface area contributed by atoms with Crippen LogP contribution in [0.3, 0.4) is 0 Å². The SMILES string of the molecule is Cl.NCC1CCN(C(=O)c2csc(-c3ccc(Cl)c(Cl)c3)n2)C1. The van der Waals surface area contributed by atoms with E-state index in [-0.39, 0.29) is 18.3 Å². The molecule has 1 aromatic carbocycles. The van der Waals surface area contributed by atoms with Crippen LogP contribution in [-0.4, -0.2) is 35.4 Å². The van der Waals surface area contributed by atoms with Crippen molar-refractivity contribution < 1.29 is 4.79 Å². The highest BCUT2D eigenvalue weighted by Crippen LogP contribution is 2.30. The maximum atomic E-state index is 12.5. The van der Waals surface area contributed by atoms with E-state index in [1.165, 1.54) is 11.3 Å². The fraction of sp³-hybridized carbons (Fsp3) is 0.333. The molecule has 0 radical (unpaired) electrons. The Bertz CT molecular complexity index is 707. The van der Waals surface area contributed by atoms with Crippen molar-refractivity contribution in [1.82, 2.24) is 9.88 Å². The first-order valence-electron chi connectivity index (χ1n) is 6.98. The summed E-state index contributed by atoms with van der Waals surface area (Å²) in [5.74, 6) is 0.371. The number of rotatable bonds is 3. The minimum absolute atomic E-state index is 0. The molecule has 0 aliphatic carbocycles. The van der Waals surface area contributed by atoms with Crippen LogP contribution >= 0.6 is 46.9 Å². The molecule has 0 saturated carbocycles. The van der Waals surface area contributed by atoms with Gasteiger partial charge in [-0.1, -0.05) is 29.3 Å². The first-order chi connectivity index (χ1) is 10.6. The summed E-state index contributed by atoms with van der Waals surface area (Å²) >= 11 is 13.4. The summed E-state index contributed by atoms with van der Waals surface area (Å²) in [6.45, 7) is 2.09. The molecular weight excluding hydrogens is 377 g/mol. The fourth-order valence-electron chi connectivity index (χ4n) is 2.51. The first kappa shape index (κ1) is 18.5. The Balaban J connectivity index is 0.00000192. The number of likely N-dealkylation sites (tertiary alicyclic amines) is 1. The molecule has 1 saturated heterocycles. The van der Waals surface area contributed by atoms with Gasteiger partial charge in [0.05, 0.1) is 10.0 Å². The monoisotopic (exact) mass is 391 g/mol. The Hall–Kier alpha value is -0.850. The minimum Gasteiger partial charge on any atom is -0.337 e. The summed E-state index contributed by atoms with van der Waals surface area (Å²) < 4.78 is 0. The van der Waals surface area contributed by atoms with Gasteiger partial charge in [0.1, 0.15) is 10.7 Å². The number of nitrogens with zero attached hydrogens (tertiary/aromatic N) is 2. The van der Waals surface area contributed by atoms with Crippen LogP contribution in [-0.2, 0) is 0 Å². The minimum atomic E-state index is -0.0292. The van der Waals surface area contributed by atoms with Crippen LogP contribution in [0.5, 0.6) is 0 Å². The maximum Gasteiger partial charge on any atom is 0.273 e. The van der Waals surface area contributed by atoms with Crippen LogP contribution in [0.1, 0.15) is 16.9 Å². The summed E-state index contributed by atoms with van der Waals surface area (Å²) in [6.07, 6.45) is 0.964. The molecule has 23 heavy (non-hydrogen) atoms. The summed E-state index contributed by atoms with van der Waals surface area (Å²) in [7, 11) is 0. The molecule has 2 N–H and O–H groups in total. The van der Waals surface area contributed by atoms with E-state index in [0.717, 1.165) is 30.1 Å². The standard InChI is InChI=1S/C15H15Cl2N3OS.ClH/c16-11-2-1-10(5-12(11)17)14-19-13(8-22-14)15(21)20-4-3-9(6-18)7-20;/h1-2,5,8-9H,3-4,6-7,18H2;1H. The maximum absolute atomic E-state index is 12.5. The van der Waals surface area contributed by atoms with Crippen LogP contribution in [0.15, 0.2) is 23.6 Å². The summed E-state index contributed by atoms with van der Waals surface area (Å²) in [5, 5.41) is 3.53. The van der Waals surface area contributed by atoms with Crippen LogP contribution in [0.25, 0.3) is 10.6 Å². The molecule has 1 amide bonds. The van der Waals surface area contributed by atoms with Gasteiger partial charge in [0.15, 0.2) is 0 Å². The lowest BCUT2D eigenvalue weighted by Crippen LogP contribution is -2.30. The number of hydrogen-bond donors (Lipinski definition) is 1. The molecule has 1 aromatic heterocycles. The van der Waals surface area contributed by atoms with Crippen molar-refractivity contribution in [1.29, 1.82) is 0 Å². The van der Waals surface area contributed by atoms with Gasteiger partial charge in [-0.25, -0.2) is 4.98 Å². The lowest BCUT2D eigenvalue weighted by atomic mass is 10.1. The van der Waals surface area contributed by atoms with Crippen molar-refractivity contribution in [2.45, 2.75) is 6.42 Å². The number of carbonyl (C=O) groups is 1. The second kappa shape index (κ2) is 7.81. The number of hydrogen-bond acceptors (Lipinski definition) is 4. The third kappa shape index (κ3) is 3.98. The summed E-state index contributed by atoms with van der Waals surface area (Å²) in [5.41, 5.74) is 7.00. The van der Waals surface area contributed by atoms with Crippen molar-refractivity contribution in [2.75, 3.05) is 19.6 Å². The molecule has 1 aliphatic heterocycles. The zero-order valence-corrected chi connectivity index (χ0v) is 15.3. The predicted molar refractivity (Wildman–Crippen MR) is 97.9 cm³/mol. The predicted octanol–water partition coefficient (Wildman–Crippen LogP) is 3.96. The van der Waals surface area contributed by atoms with E-state index in [4.69, 9.17) is 28.9 Å². The fourth-order valence-corrected chi connectivity index (χ4v) is 3.59. The van der Waals surface area contributed by atoms with E-state index in [1.807, 2.05) is 11.0 Å². The quantitative estimate of drug-likeness (QED) is 0.860. The molecule has 1 fully saturated rings. The third-order valence-corrected chi connectivity index (χ3v) is 5.43. The van der Waals surface area contributed by atoms with Gasteiger partial charge in [-0.05, 0) is 31.0 Å². The topological polar surface area (TPSA) is 59.2 Å². The molecule has 3 rings (SSSR count). The summed E-state index contributed by atoms with van der Waals surface area (Å²) in [6, 6.07) is 5.34. The number of benzene rings is 1. The first-order valence-corrected chi connectivity index (χ1v) is 8.62. The Morgan fingerprint density at radius 3 is 2.83 bits per heavy atom. The Morgan fingerprint density at radius 1 is 1.39 bits per heavy atom. The van der Waals surface area contributed by atoms with Crippen molar-refractivity contribution in [3.63, 3.8) is 0 Å². The molecule has 0 spiro atoms. The van der Waals surface area contributed by atoms with Crippen molar-refractivity contribution in [2.24, 2.45) is 11.7 Å². The second-order valence-corrected chi connectivity index (χ2v) is 6.98. The van der Waals surface area contributed by atoms with Gasteiger partial charge < -0.3 is 10.6 Å². The largest absolute Gasteiger partial charge is 0.337 e. The summed E-state index contributed by atoms with van der Waals surface area (Å²) in [4.78, 5) is 18.7. The average molecular weight is 393 g/mol. The zero-order chi connectivity index (χ0) is 15.7. The molecule has 4 nitrogen and oxygen atoms in total. The highest BCUT2D eigenvalue weighted by molar-refractivity contribution is 7.13. The molecule has 0 bridgehead atoms. The van der Waals surface area contributed by atoms with Gasteiger partial charge in [-0.15, -0.1) is 23.7 Å². The number of thiazole rings is 1. The molecule has 2 aromatic rings. The Morgan fingerprint density at radius 2 is 2.17 bits per heavy atom. The van der Waals surface area contributed by atoms with Gasteiger partial charge in [-0.2, -0.15) is 0 Å². The normalized spacial score (nSPS) is 17.2. The number of amides is 1. The second-order valence-electron chi connectivity index (χ2n) is 5.31. The van der Waals surface area contributed by atoms with Gasteiger partial charge in [0, 0.05) is 24.0 Å². The van der Waals surface area contributed by atoms with Crippen molar-refractivity contribution in [3.05, 3.63) is 39.3 Å². The van der Waals surface area contributed by atoms with Crippen LogP contribution in [0.4, 0.5) is 0 Å². The number of halogens is 3.